The maximum absolute atomic E-state index is 9.41. The predicted molar refractivity (Wildman–Crippen MR) is 70.9 cm³/mol. The van der Waals surface area contributed by atoms with Crippen LogP contribution in [-0.2, 0) is 15.3 Å². The van der Waals surface area contributed by atoms with Gasteiger partial charge < -0.3 is 19.9 Å². The van der Waals surface area contributed by atoms with Crippen molar-refractivity contribution in [2.24, 2.45) is 0 Å². The average Bonchev–Trinajstić information content (AvgIpc) is 2.84. The molecule has 2 rings (SSSR count). The molecule has 0 radical (unpaired) electrons. The average molecular weight is 272 g/mol. The molecule has 1 aromatic carbocycles. The Balaban J connectivity index is 2.05. The number of halogens is 1. The molecule has 0 bridgehead atoms. The molecular formula is C13H18ClNO3. The Labute approximate surface area is 112 Å². The smallest absolute Gasteiger partial charge is 0.192 e. The third-order valence-corrected chi connectivity index (χ3v) is 3.30. The SMILES string of the molecule is CC1(c2cccc(NCC(O)CCl)c2)OCCO1. The summed E-state index contributed by atoms with van der Waals surface area (Å²) in [5, 5.41) is 12.5. The van der Waals surface area contributed by atoms with Gasteiger partial charge in [0, 0.05) is 17.8 Å². The fourth-order valence-corrected chi connectivity index (χ4v) is 1.99. The lowest BCUT2D eigenvalue weighted by molar-refractivity contribution is -0.149. The lowest BCUT2D eigenvalue weighted by Crippen LogP contribution is -2.23. The van der Waals surface area contributed by atoms with Crippen molar-refractivity contribution in [3.8, 4) is 0 Å². The van der Waals surface area contributed by atoms with Gasteiger partial charge in [-0.15, -0.1) is 11.6 Å². The van der Waals surface area contributed by atoms with E-state index < -0.39 is 11.9 Å². The molecule has 1 aliphatic heterocycles. The van der Waals surface area contributed by atoms with E-state index in [2.05, 4.69) is 5.32 Å². The molecule has 0 amide bonds. The highest BCUT2D eigenvalue weighted by molar-refractivity contribution is 6.18. The minimum atomic E-state index is -0.664. The number of alkyl halides is 1. The summed E-state index contributed by atoms with van der Waals surface area (Å²) in [6.45, 7) is 3.55. The summed E-state index contributed by atoms with van der Waals surface area (Å²) in [7, 11) is 0. The first-order chi connectivity index (χ1) is 8.64. The monoisotopic (exact) mass is 271 g/mol. The van der Waals surface area contributed by atoms with Gasteiger partial charge in [0.05, 0.1) is 25.2 Å². The molecule has 1 aromatic rings. The molecule has 0 spiro atoms. The largest absolute Gasteiger partial charge is 0.390 e. The number of nitrogens with one attached hydrogen (secondary N) is 1. The summed E-state index contributed by atoms with van der Waals surface area (Å²) in [6, 6.07) is 7.80. The Morgan fingerprint density at radius 3 is 2.83 bits per heavy atom. The van der Waals surface area contributed by atoms with Crippen LogP contribution in [0, 0.1) is 0 Å². The summed E-state index contributed by atoms with van der Waals surface area (Å²) in [5.41, 5.74) is 1.88. The van der Waals surface area contributed by atoms with Crippen LogP contribution in [0.15, 0.2) is 24.3 Å². The summed E-state index contributed by atoms with van der Waals surface area (Å²) in [4.78, 5) is 0. The zero-order chi connectivity index (χ0) is 13.0. The van der Waals surface area contributed by atoms with E-state index in [1.54, 1.807) is 0 Å². The van der Waals surface area contributed by atoms with Crippen LogP contribution in [0.5, 0.6) is 0 Å². The van der Waals surface area contributed by atoms with Gasteiger partial charge in [-0.05, 0) is 19.1 Å². The van der Waals surface area contributed by atoms with Crippen LogP contribution >= 0.6 is 11.6 Å². The first-order valence-electron chi connectivity index (χ1n) is 6.00. The Bertz CT molecular complexity index is 394. The third-order valence-electron chi connectivity index (χ3n) is 2.95. The molecule has 0 aromatic heterocycles. The Morgan fingerprint density at radius 2 is 2.17 bits per heavy atom. The van der Waals surface area contributed by atoms with Crippen molar-refractivity contribution in [2.75, 3.05) is 31.0 Å². The van der Waals surface area contributed by atoms with Gasteiger partial charge in [-0.3, -0.25) is 0 Å². The predicted octanol–water partition coefficient (Wildman–Crippen LogP) is 1.92. The minimum absolute atomic E-state index is 0.219. The number of anilines is 1. The highest BCUT2D eigenvalue weighted by Crippen LogP contribution is 2.31. The van der Waals surface area contributed by atoms with E-state index in [1.807, 2.05) is 31.2 Å². The van der Waals surface area contributed by atoms with Gasteiger partial charge in [-0.25, -0.2) is 0 Å². The minimum Gasteiger partial charge on any atom is -0.390 e. The van der Waals surface area contributed by atoms with Gasteiger partial charge in [-0.2, -0.15) is 0 Å². The van der Waals surface area contributed by atoms with Crippen LogP contribution in [-0.4, -0.2) is 36.8 Å². The van der Waals surface area contributed by atoms with Gasteiger partial charge in [-0.1, -0.05) is 12.1 Å². The van der Waals surface area contributed by atoms with Gasteiger partial charge in [0.1, 0.15) is 0 Å². The van der Waals surface area contributed by atoms with E-state index in [0.29, 0.717) is 19.8 Å². The van der Waals surface area contributed by atoms with Crippen LogP contribution in [0.3, 0.4) is 0 Å². The zero-order valence-corrected chi connectivity index (χ0v) is 11.1. The van der Waals surface area contributed by atoms with E-state index in [1.165, 1.54) is 0 Å². The molecule has 18 heavy (non-hydrogen) atoms. The highest BCUT2D eigenvalue weighted by atomic mass is 35.5. The molecule has 2 N–H and O–H groups in total. The molecule has 1 unspecified atom stereocenters. The zero-order valence-electron chi connectivity index (χ0n) is 10.4. The van der Waals surface area contributed by atoms with Crippen LogP contribution < -0.4 is 5.32 Å². The fourth-order valence-electron chi connectivity index (χ4n) is 1.88. The maximum atomic E-state index is 9.41. The number of hydrogen-bond donors (Lipinski definition) is 2. The fraction of sp³-hybridized carbons (Fsp3) is 0.538. The van der Waals surface area contributed by atoms with Gasteiger partial charge in [0.15, 0.2) is 5.79 Å². The summed E-state index contributed by atoms with van der Waals surface area (Å²) in [5.74, 6) is -0.445. The van der Waals surface area contributed by atoms with Crippen LogP contribution in [0.4, 0.5) is 5.69 Å². The standard InChI is InChI=1S/C13H18ClNO3/c1-13(17-5-6-18-13)10-3-2-4-11(7-10)15-9-12(16)8-14/h2-4,7,12,15-16H,5-6,8-9H2,1H3. The first-order valence-corrected chi connectivity index (χ1v) is 6.54. The van der Waals surface area contributed by atoms with E-state index >= 15 is 0 Å². The normalized spacial score (nSPS) is 19.7. The van der Waals surface area contributed by atoms with Gasteiger partial charge in [0.2, 0.25) is 0 Å². The molecule has 100 valence electrons. The second-order valence-electron chi connectivity index (χ2n) is 4.41. The van der Waals surface area contributed by atoms with Gasteiger partial charge >= 0.3 is 0 Å². The number of aliphatic hydroxyl groups excluding tert-OH is 1. The maximum Gasteiger partial charge on any atom is 0.192 e. The number of rotatable bonds is 5. The lowest BCUT2D eigenvalue weighted by Gasteiger charge is -2.23. The molecule has 1 saturated heterocycles. The van der Waals surface area contributed by atoms with Crippen LogP contribution in [0.25, 0.3) is 0 Å². The third kappa shape index (κ3) is 3.14. The summed E-state index contributed by atoms with van der Waals surface area (Å²) in [6.07, 6.45) is -0.551. The van der Waals surface area contributed by atoms with Crippen molar-refractivity contribution in [1.29, 1.82) is 0 Å². The molecule has 4 nitrogen and oxygen atoms in total. The van der Waals surface area contributed by atoms with Crippen molar-refractivity contribution in [3.63, 3.8) is 0 Å². The topological polar surface area (TPSA) is 50.7 Å². The van der Waals surface area contributed by atoms with Gasteiger partial charge in [0.25, 0.3) is 0 Å². The van der Waals surface area contributed by atoms with Crippen molar-refractivity contribution < 1.29 is 14.6 Å². The van der Waals surface area contributed by atoms with Crippen molar-refractivity contribution >= 4 is 17.3 Å². The molecule has 1 fully saturated rings. The Kier molecular flexibility index (Phi) is 4.45. The van der Waals surface area contributed by atoms with Crippen LogP contribution in [0.2, 0.25) is 0 Å². The van der Waals surface area contributed by atoms with Crippen molar-refractivity contribution in [2.45, 2.75) is 18.8 Å². The lowest BCUT2D eigenvalue weighted by atomic mass is 10.1. The van der Waals surface area contributed by atoms with E-state index in [4.69, 9.17) is 21.1 Å². The Morgan fingerprint density at radius 1 is 1.44 bits per heavy atom. The molecule has 1 atom stereocenters. The quantitative estimate of drug-likeness (QED) is 0.804. The number of benzene rings is 1. The molecule has 0 aliphatic carbocycles. The molecule has 1 aliphatic rings. The Hall–Kier alpha value is -0.810. The summed E-state index contributed by atoms with van der Waals surface area (Å²) >= 11 is 5.55. The summed E-state index contributed by atoms with van der Waals surface area (Å²) < 4.78 is 11.2. The van der Waals surface area contributed by atoms with Crippen LogP contribution in [0.1, 0.15) is 12.5 Å². The number of hydrogen-bond acceptors (Lipinski definition) is 4. The molecular weight excluding hydrogens is 254 g/mol. The molecule has 5 heteroatoms. The van der Waals surface area contributed by atoms with Crippen molar-refractivity contribution in [3.05, 3.63) is 29.8 Å². The molecule has 0 saturated carbocycles. The second-order valence-corrected chi connectivity index (χ2v) is 4.72. The van der Waals surface area contributed by atoms with E-state index in [-0.39, 0.29) is 5.88 Å². The first kappa shape index (κ1) is 13.6. The highest BCUT2D eigenvalue weighted by Gasteiger charge is 2.33. The van der Waals surface area contributed by atoms with E-state index in [0.717, 1.165) is 11.3 Å². The van der Waals surface area contributed by atoms with E-state index in [9.17, 15) is 5.11 Å². The molecule has 1 heterocycles. The van der Waals surface area contributed by atoms with Crippen molar-refractivity contribution in [1.82, 2.24) is 0 Å². The number of aliphatic hydroxyl groups is 1. The number of ether oxygens (including phenoxy) is 2. The second kappa shape index (κ2) is 5.89.